The molecule has 0 bridgehead atoms. The first-order valence-electron chi connectivity index (χ1n) is 7.24. The van der Waals surface area contributed by atoms with Crippen LogP contribution in [0.2, 0.25) is 0 Å². The van der Waals surface area contributed by atoms with E-state index in [1.807, 2.05) is 0 Å². The summed E-state index contributed by atoms with van der Waals surface area (Å²) in [5, 5.41) is 1.16. The number of piperidine rings is 1. The summed E-state index contributed by atoms with van der Waals surface area (Å²) >= 11 is 3.64. The Labute approximate surface area is 119 Å². The Morgan fingerprint density at radius 2 is 2.06 bits per heavy atom. The van der Waals surface area contributed by atoms with Crippen molar-refractivity contribution in [2.45, 2.75) is 38.6 Å². The van der Waals surface area contributed by atoms with Crippen molar-refractivity contribution in [3.8, 4) is 0 Å². The Morgan fingerprint density at radius 1 is 1.17 bits per heavy atom. The maximum Gasteiger partial charge on any atom is 0.0233 e. The number of alkyl halides is 1. The average Bonchev–Trinajstić information content (AvgIpc) is 2.86. The predicted molar refractivity (Wildman–Crippen MR) is 80.3 cm³/mol. The number of nitrogens with zero attached hydrogens (tertiary/aromatic N) is 1. The average molecular weight is 308 g/mol. The molecule has 2 heteroatoms. The van der Waals surface area contributed by atoms with Gasteiger partial charge in [-0.05, 0) is 61.3 Å². The lowest BCUT2D eigenvalue weighted by Gasteiger charge is -2.32. The molecule has 1 nitrogen and oxygen atoms in total. The second-order valence-electron chi connectivity index (χ2n) is 5.85. The van der Waals surface area contributed by atoms with E-state index < -0.39 is 0 Å². The molecule has 0 saturated carbocycles. The fourth-order valence-corrected chi connectivity index (χ4v) is 3.93. The van der Waals surface area contributed by atoms with E-state index in [0.29, 0.717) is 0 Å². The second-order valence-corrected chi connectivity index (χ2v) is 6.50. The van der Waals surface area contributed by atoms with Crippen molar-refractivity contribution in [3.63, 3.8) is 0 Å². The standard InChI is InChI=1S/C16H22BrN/c17-10-14-3-2-8-18(12-14)11-13-6-7-15-4-1-5-16(15)9-13/h6-7,9,14H,1-5,8,10-12H2. The monoisotopic (exact) mass is 307 g/mol. The van der Waals surface area contributed by atoms with Crippen molar-refractivity contribution in [1.29, 1.82) is 0 Å². The van der Waals surface area contributed by atoms with Crippen LogP contribution in [-0.2, 0) is 19.4 Å². The molecule has 0 spiro atoms. The molecule has 3 rings (SSSR count). The first-order chi connectivity index (χ1) is 8.85. The van der Waals surface area contributed by atoms with Crippen molar-refractivity contribution in [2.24, 2.45) is 5.92 Å². The minimum atomic E-state index is 0.855. The van der Waals surface area contributed by atoms with Gasteiger partial charge in [-0.25, -0.2) is 0 Å². The molecule has 18 heavy (non-hydrogen) atoms. The third kappa shape index (κ3) is 2.80. The molecule has 0 aromatic heterocycles. The lowest BCUT2D eigenvalue weighted by molar-refractivity contribution is 0.179. The summed E-state index contributed by atoms with van der Waals surface area (Å²) in [6.07, 6.45) is 6.71. The van der Waals surface area contributed by atoms with E-state index in [2.05, 4.69) is 39.0 Å². The molecule has 2 aliphatic rings. The van der Waals surface area contributed by atoms with E-state index in [-0.39, 0.29) is 0 Å². The van der Waals surface area contributed by atoms with E-state index in [0.717, 1.165) is 17.8 Å². The van der Waals surface area contributed by atoms with Crippen LogP contribution in [0.3, 0.4) is 0 Å². The third-order valence-corrected chi connectivity index (χ3v) is 5.31. The van der Waals surface area contributed by atoms with Gasteiger partial charge in [0.25, 0.3) is 0 Å². The van der Waals surface area contributed by atoms with Crippen molar-refractivity contribution < 1.29 is 0 Å². The number of hydrogen-bond acceptors (Lipinski definition) is 1. The summed E-state index contributed by atoms with van der Waals surface area (Å²) in [5.41, 5.74) is 4.73. The van der Waals surface area contributed by atoms with Gasteiger partial charge in [0.05, 0.1) is 0 Å². The van der Waals surface area contributed by atoms with E-state index in [9.17, 15) is 0 Å². The molecule has 1 heterocycles. The van der Waals surface area contributed by atoms with Crippen LogP contribution < -0.4 is 0 Å². The van der Waals surface area contributed by atoms with Gasteiger partial charge in [0.15, 0.2) is 0 Å². The van der Waals surface area contributed by atoms with Gasteiger partial charge in [0, 0.05) is 18.4 Å². The van der Waals surface area contributed by atoms with Crippen LogP contribution in [0.1, 0.15) is 36.0 Å². The summed E-state index contributed by atoms with van der Waals surface area (Å²) in [7, 11) is 0. The lowest BCUT2D eigenvalue weighted by Crippen LogP contribution is -2.35. The molecule has 1 unspecified atom stereocenters. The zero-order valence-electron chi connectivity index (χ0n) is 11.0. The van der Waals surface area contributed by atoms with Crippen LogP contribution >= 0.6 is 15.9 Å². The number of fused-ring (bicyclic) bond motifs is 1. The highest BCUT2D eigenvalue weighted by molar-refractivity contribution is 9.09. The Morgan fingerprint density at radius 3 is 2.94 bits per heavy atom. The van der Waals surface area contributed by atoms with Crippen LogP contribution in [0, 0.1) is 5.92 Å². The molecule has 1 fully saturated rings. The Kier molecular flexibility index (Phi) is 4.05. The summed E-state index contributed by atoms with van der Waals surface area (Å²) in [4.78, 5) is 2.63. The van der Waals surface area contributed by atoms with Crippen LogP contribution in [0.4, 0.5) is 0 Å². The summed E-state index contributed by atoms with van der Waals surface area (Å²) in [6.45, 7) is 3.69. The fourth-order valence-electron chi connectivity index (χ4n) is 3.40. The van der Waals surface area contributed by atoms with Gasteiger partial charge >= 0.3 is 0 Å². The zero-order chi connectivity index (χ0) is 12.4. The van der Waals surface area contributed by atoms with E-state index in [1.165, 1.54) is 50.8 Å². The number of likely N-dealkylation sites (tertiary alicyclic amines) is 1. The van der Waals surface area contributed by atoms with Crippen molar-refractivity contribution in [2.75, 3.05) is 18.4 Å². The highest BCUT2D eigenvalue weighted by atomic mass is 79.9. The number of aryl methyl sites for hydroxylation is 2. The molecular formula is C16H22BrN. The highest BCUT2D eigenvalue weighted by Gasteiger charge is 2.19. The van der Waals surface area contributed by atoms with Crippen molar-refractivity contribution in [1.82, 2.24) is 4.90 Å². The van der Waals surface area contributed by atoms with Gasteiger partial charge in [-0.15, -0.1) is 0 Å². The molecule has 98 valence electrons. The molecular weight excluding hydrogens is 286 g/mol. The first kappa shape index (κ1) is 12.7. The lowest BCUT2D eigenvalue weighted by atomic mass is 9.99. The second kappa shape index (κ2) is 5.75. The Hall–Kier alpha value is -0.340. The van der Waals surface area contributed by atoms with Gasteiger partial charge in [-0.2, -0.15) is 0 Å². The maximum atomic E-state index is 3.64. The normalized spacial score (nSPS) is 24.2. The van der Waals surface area contributed by atoms with Gasteiger partial charge in [0.1, 0.15) is 0 Å². The quantitative estimate of drug-likeness (QED) is 0.768. The number of hydrogen-bond donors (Lipinski definition) is 0. The molecule has 1 aromatic carbocycles. The van der Waals surface area contributed by atoms with Crippen LogP contribution in [0.25, 0.3) is 0 Å². The highest BCUT2D eigenvalue weighted by Crippen LogP contribution is 2.25. The number of benzene rings is 1. The van der Waals surface area contributed by atoms with E-state index in [1.54, 1.807) is 11.1 Å². The molecule has 0 amide bonds. The molecule has 0 N–H and O–H groups in total. The predicted octanol–water partition coefficient (Wildman–Crippen LogP) is 3.78. The van der Waals surface area contributed by atoms with Crippen molar-refractivity contribution in [3.05, 3.63) is 34.9 Å². The number of halogens is 1. The SMILES string of the molecule is BrCC1CCCN(Cc2ccc3c(c2)CCC3)C1. The number of rotatable bonds is 3. The largest absolute Gasteiger partial charge is 0.299 e. The molecule has 1 saturated heterocycles. The Bertz CT molecular complexity index is 416. The van der Waals surface area contributed by atoms with E-state index in [4.69, 9.17) is 0 Å². The van der Waals surface area contributed by atoms with Crippen molar-refractivity contribution >= 4 is 15.9 Å². The van der Waals surface area contributed by atoms with Crippen LogP contribution in [0.5, 0.6) is 0 Å². The summed E-state index contributed by atoms with van der Waals surface area (Å²) in [5.74, 6) is 0.855. The zero-order valence-corrected chi connectivity index (χ0v) is 12.6. The van der Waals surface area contributed by atoms with Gasteiger partial charge < -0.3 is 0 Å². The minimum Gasteiger partial charge on any atom is -0.299 e. The van der Waals surface area contributed by atoms with Crippen LogP contribution in [0.15, 0.2) is 18.2 Å². The minimum absolute atomic E-state index is 0.855. The summed E-state index contributed by atoms with van der Waals surface area (Å²) < 4.78 is 0. The third-order valence-electron chi connectivity index (χ3n) is 4.39. The van der Waals surface area contributed by atoms with Gasteiger partial charge in [-0.3, -0.25) is 4.90 Å². The molecule has 0 radical (unpaired) electrons. The maximum absolute atomic E-state index is 3.64. The molecule has 1 atom stereocenters. The summed E-state index contributed by atoms with van der Waals surface area (Å²) in [6, 6.07) is 7.17. The smallest absolute Gasteiger partial charge is 0.0233 e. The van der Waals surface area contributed by atoms with E-state index >= 15 is 0 Å². The fraction of sp³-hybridized carbons (Fsp3) is 0.625. The Balaban J connectivity index is 1.65. The first-order valence-corrected chi connectivity index (χ1v) is 8.36. The van der Waals surface area contributed by atoms with Gasteiger partial charge in [0.2, 0.25) is 0 Å². The molecule has 1 aromatic rings. The molecule has 1 aliphatic heterocycles. The molecule has 1 aliphatic carbocycles. The topological polar surface area (TPSA) is 3.24 Å². The van der Waals surface area contributed by atoms with Gasteiger partial charge in [-0.1, -0.05) is 34.1 Å². The van der Waals surface area contributed by atoms with Crippen LogP contribution in [-0.4, -0.2) is 23.3 Å².